The number of piperidine rings is 1. The maximum Gasteiger partial charge on any atom is 0.321 e. The van der Waals surface area contributed by atoms with Crippen LogP contribution in [-0.4, -0.2) is 76.6 Å². The number of carbonyl (C=O) groups is 2. The number of pyridine rings is 1. The molecule has 5 heterocycles. The normalized spacial score (nSPS) is 21.7. The Morgan fingerprint density at radius 3 is 2.51 bits per heavy atom. The molecule has 0 bridgehead atoms. The van der Waals surface area contributed by atoms with E-state index in [1.54, 1.807) is 6.07 Å². The van der Waals surface area contributed by atoms with Gasteiger partial charge < -0.3 is 24.6 Å². The molecule has 1 N–H and O–H groups in total. The molecule has 9 heteroatoms. The van der Waals surface area contributed by atoms with E-state index < -0.39 is 0 Å². The van der Waals surface area contributed by atoms with E-state index in [0.717, 1.165) is 76.3 Å². The minimum absolute atomic E-state index is 0.0381. The van der Waals surface area contributed by atoms with Crippen LogP contribution >= 0.6 is 0 Å². The van der Waals surface area contributed by atoms with E-state index in [0.29, 0.717) is 23.7 Å². The van der Waals surface area contributed by atoms with Gasteiger partial charge in [0.25, 0.3) is 5.91 Å². The third-order valence-electron chi connectivity index (χ3n) is 9.49. The highest BCUT2D eigenvalue weighted by molar-refractivity contribution is 5.98. The van der Waals surface area contributed by atoms with Gasteiger partial charge in [0.05, 0.1) is 6.04 Å². The number of amides is 3. The first-order chi connectivity index (χ1) is 21.0. The molecule has 0 aliphatic carbocycles. The third kappa shape index (κ3) is 5.71. The van der Waals surface area contributed by atoms with Crippen molar-refractivity contribution in [2.24, 2.45) is 0 Å². The van der Waals surface area contributed by atoms with Gasteiger partial charge >= 0.3 is 6.03 Å². The van der Waals surface area contributed by atoms with Crippen LogP contribution in [0.1, 0.15) is 64.5 Å². The third-order valence-corrected chi connectivity index (χ3v) is 9.49. The first kappa shape index (κ1) is 27.9. The zero-order chi connectivity index (χ0) is 29.3. The molecule has 3 saturated heterocycles. The quantitative estimate of drug-likeness (QED) is 0.420. The van der Waals surface area contributed by atoms with E-state index in [1.807, 2.05) is 31.2 Å². The Morgan fingerprint density at radius 2 is 1.74 bits per heavy atom. The van der Waals surface area contributed by atoms with Crippen LogP contribution in [0.2, 0.25) is 0 Å². The van der Waals surface area contributed by atoms with Crippen LogP contribution in [0.15, 0.2) is 60.7 Å². The highest BCUT2D eigenvalue weighted by Crippen LogP contribution is 2.37. The van der Waals surface area contributed by atoms with Gasteiger partial charge in [0, 0.05) is 75.3 Å². The van der Waals surface area contributed by atoms with Crippen molar-refractivity contribution in [3.63, 3.8) is 0 Å². The number of aryl methyl sites for hydroxylation is 1. The molecule has 3 fully saturated rings. The summed E-state index contributed by atoms with van der Waals surface area (Å²) in [7, 11) is 0. The number of rotatable bonds is 7. The summed E-state index contributed by atoms with van der Waals surface area (Å²) in [6, 6.07) is 20.9. The second-order valence-electron chi connectivity index (χ2n) is 12.1. The van der Waals surface area contributed by atoms with Crippen LogP contribution in [0.3, 0.4) is 0 Å². The highest BCUT2D eigenvalue weighted by Gasteiger charge is 2.45. The number of nitrogens with zero attached hydrogens (tertiary/aromatic N) is 4. The van der Waals surface area contributed by atoms with Crippen molar-refractivity contribution < 1.29 is 19.1 Å². The number of likely N-dealkylation sites (tertiary alicyclic amines) is 1. The number of fused-ring (bicyclic) bond motifs is 1. The van der Waals surface area contributed by atoms with Gasteiger partial charge in [-0.05, 0) is 67.5 Å². The number of hydrogen-bond acceptors (Lipinski definition) is 6. The van der Waals surface area contributed by atoms with Gasteiger partial charge in [0.1, 0.15) is 5.75 Å². The van der Waals surface area contributed by atoms with Crippen LogP contribution in [0, 0.1) is 6.92 Å². The predicted octanol–water partition coefficient (Wildman–Crippen LogP) is 5.05. The number of carbonyl (C=O) groups excluding carboxylic acids is 2. The van der Waals surface area contributed by atoms with Crippen LogP contribution in [0.4, 0.5) is 4.79 Å². The molecular formula is C34H39N5O4. The van der Waals surface area contributed by atoms with Crippen molar-refractivity contribution in [2.75, 3.05) is 32.8 Å². The van der Waals surface area contributed by atoms with Gasteiger partial charge in [-0.25, -0.2) is 9.78 Å². The largest absolute Gasteiger partial charge is 0.439 e. The van der Waals surface area contributed by atoms with E-state index in [-0.39, 0.29) is 30.1 Å². The minimum Gasteiger partial charge on any atom is -0.439 e. The van der Waals surface area contributed by atoms with Gasteiger partial charge in [-0.1, -0.05) is 36.4 Å². The van der Waals surface area contributed by atoms with E-state index >= 15 is 0 Å². The van der Waals surface area contributed by atoms with Crippen LogP contribution in [-0.2, 0) is 17.8 Å². The Hall–Kier alpha value is -3.95. The maximum absolute atomic E-state index is 13.9. The molecule has 0 spiro atoms. The molecule has 3 amide bonds. The minimum atomic E-state index is -0.0381. The molecule has 4 aliphatic rings. The Labute approximate surface area is 252 Å². The summed E-state index contributed by atoms with van der Waals surface area (Å²) in [5.74, 6) is 1.19. The molecule has 4 aliphatic heterocycles. The van der Waals surface area contributed by atoms with Crippen molar-refractivity contribution in [3.05, 3.63) is 88.6 Å². The van der Waals surface area contributed by atoms with E-state index in [1.165, 1.54) is 11.1 Å². The average Bonchev–Trinajstić information content (AvgIpc) is 3.59. The molecule has 7 rings (SSSR count). The van der Waals surface area contributed by atoms with Crippen molar-refractivity contribution in [2.45, 2.75) is 63.8 Å². The van der Waals surface area contributed by atoms with Gasteiger partial charge in [-0.3, -0.25) is 9.69 Å². The number of hydrogen-bond donors (Lipinski definition) is 1. The second-order valence-corrected chi connectivity index (χ2v) is 12.1. The fourth-order valence-electron chi connectivity index (χ4n) is 7.07. The lowest BCUT2D eigenvalue weighted by atomic mass is 9.98. The van der Waals surface area contributed by atoms with E-state index in [2.05, 4.69) is 50.3 Å². The van der Waals surface area contributed by atoms with Crippen molar-refractivity contribution in [3.8, 4) is 11.6 Å². The molecule has 3 aromatic rings. The molecule has 0 radical (unpaired) electrons. The summed E-state index contributed by atoms with van der Waals surface area (Å²) >= 11 is 0. The monoisotopic (exact) mass is 581 g/mol. The van der Waals surface area contributed by atoms with Gasteiger partial charge in [0.15, 0.2) is 0 Å². The number of aromatic nitrogens is 1. The van der Waals surface area contributed by atoms with Crippen molar-refractivity contribution in [1.82, 2.24) is 25.0 Å². The number of nitrogens with one attached hydrogen (secondary N) is 1. The van der Waals surface area contributed by atoms with E-state index in [4.69, 9.17) is 14.5 Å². The van der Waals surface area contributed by atoms with E-state index in [9.17, 15) is 9.59 Å². The summed E-state index contributed by atoms with van der Waals surface area (Å²) < 4.78 is 11.6. The Bertz CT molecular complexity index is 1480. The molecule has 2 aromatic carbocycles. The van der Waals surface area contributed by atoms with Crippen LogP contribution in [0.25, 0.3) is 0 Å². The Morgan fingerprint density at radius 1 is 0.953 bits per heavy atom. The van der Waals surface area contributed by atoms with Crippen LogP contribution in [0.5, 0.6) is 11.6 Å². The molecule has 1 aromatic heterocycles. The first-order valence-corrected chi connectivity index (χ1v) is 15.5. The summed E-state index contributed by atoms with van der Waals surface area (Å²) in [5.41, 5.74) is 5.00. The van der Waals surface area contributed by atoms with Crippen molar-refractivity contribution >= 4 is 11.9 Å². The zero-order valence-corrected chi connectivity index (χ0v) is 24.7. The lowest BCUT2D eigenvalue weighted by Gasteiger charge is -2.39. The number of ether oxygens (including phenoxy) is 2. The second kappa shape index (κ2) is 12.0. The molecule has 43 heavy (non-hydrogen) atoms. The Kier molecular flexibility index (Phi) is 7.76. The number of urea groups is 1. The average molecular weight is 582 g/mol. The first-order valence-electron chi connectivity index (χ1n) is 15.5. The molecule has 224 valence electrons. The molecule has 0 saturated carbocycles. The topological polar surface area (TPSA) is 87.2 Å². The van der Waals surface area contributed by atoms with Gasteiger partial charge in [-0.2, -0.15) is 0 Å². The van der Waals surface area contributed by atoms with Crippen molar-refractivity contribution in [1.29, 1.82) is 0 Å². The summed E-state index contributed by atoms with van der Waals surface area (Å²) in [4.78, 5) is 37.3. The lowest BCUT2D eigenvalue weighted by molar-refractivity contribution is 0.0493. The summed E-state index contributed by atoms with van der Waals surface area (Å²) in [6.07, 6.45) is 3.76. The molecular weight excluding hydrogens is 542 g/mol. The Balaban J connectivity index is 0.988. The molecule has 1 atom stereocenters. The SMILES string of the molecule is Cc1nc(Oc2ccc3c(c2)CNC3=O)ccc1CN1CCC(N2C(=O)N(C3CCOCC3)CC2c2ccccc2)CC1. The number of benzene rings is 2. The molecule has 9 nitrogen and oxygen atoms in total. The fourth-order valence-corrected chi connectivity index (χ4v) is 7.07. The standard InChI is InChI=1S/C34H39N5O4/c1-23-25(7-10-32(36-23)43-29-8-9-30-26(19-29)20-35-33(30)40)21-37-15-11-28(12-16-37)39-31(24-5-3-2-4-6-24)22-38(34(39)41)27-13-17-42-18-14-27/h2-10,19,27-28,31H,11-18,20-22H2,1H3,(H,35,40). The van der Waals surface area contributed by atoms with Gasteiger partial charge in [0.2, 0.25) is 5.88 Å². The zero-order valence-electron chi connectivity index (χ0n) is 24.7. The highest BCUT2D eigenvalue weighted by atomic mass is 16.5. The molecule has 1 unspecified atom stereocenters. The fraction of sp³-hybridized carbons (Fsp3) is 0.441. The van der Waals surface area contributed by atoms with Gasteiger partial charge in [-0.15, -0.1) is 0 Å². The summed E-state index contributed by atoms with van der Waals surface area (Å²) in [6.45, 7) is 7.48. The lowest BCUT2D eigenvalue weighted by Crippen LogP contribution is -2.48. The van der Waals surface area contributed by atoms with Crippen LogP contribution < -0.4 is 10.1 Å². The maximum atomic E-state index is 13.9. The smallest absolute Gasteiger partial charge is 0.321 e. The predicted molar refractivity (Wildman–Crippen MR) is 162 cm³/mol. The summed E-state index contributed by atoms with van der Waals surface area (Å²) in [5, 5.41) is 2.84.